The van der Waals surface area contributed by atoms with E-state index in [1.165, 1.54) is 39.0 Å². The van der Waals surface area contributed by atoms with E-state index in [0.29, 0.717) is 12.0 Å². The van der Waals surface area contributed by atoms with Crippen LogP contribution in [0, 0.1) is 5.92 Å². The standard InChI is InChI=1S/C13H24N2O3/c1-9(11-6-4-3-5-7-11)14-8-12(13(17)18)15-10(2)16/h9,11-12,14H,3-8H2,1-2H3,(H,15,16)(H,17,18)/t9-,12?/m0/s1. The number of carboxylic acid groups (broad SMARTS) is 1. The molecule has 1 fully saturated rings. The lowest BCUT2D eigenvalue weighted by molar-refractivity contribution is -0.141. The summed E-state index contributed by atoms with van der Waals surface area (Å²) in [5.74, 6) is -0.673. The molecule has 0 saturated heterocycles. The molecular weight excluding hydrogens is 232 g/mol. The van der Waals surface area contributed by atoms with Crippen LogP contribution < -0.4 is 10.6 Å². The molecule has 1 aliphatic carbocycles. The molecule has 0 bridgehead atoms. The van der Waals surface area contributed by atoms with Crippen LogP contribution in [-0.2, 0) is 9.59 Å². The lowest BCUT2D eigenvalue weighted by atomic mass is 9.84. The van der Waals surface area contributed by atoms with Gasteiger partial charge in [-0.05, 0) is 25.7 Å². The van der Waals surface area contributed by atoms with Crippen molar-refractivity contribution in [2.75, 3.05) is 6.54 Å². The fourth-order valence-electron chi connectivity index (χ4n) is 2.55. The van der Waals surface area contributed by atoms with Gasteiger partial charge in [-0.1, -0.05) is 19.3 Å². The van der Waals surface area contributed by atoms with Crippen molar-refractivity contribution in [3.05, 3.63) is 0 Å². The van der Waals surface area contributed by atoms with E-state index in [-0.39, 0.29) is 12.5 Å². The lowest BCUT2D eigenvalue weighted by Gasteiger charge is -2.29. The molecule has 0 aromatic heterocycles. The maximum atomic E-state index is 11.0. The fraction of sp³-hybridized carbons (Fsp3) is 0.846. The zero-order valence-corrected chi connectivity index (χ0v) is 11.2. The van der Waals surface area contributed by atoms with Crippen LogP contribution in [0.4, 0.5) is 0 Å². The fourth-order valence-corrected chi connectivity index (χ4v) is 2.55. The number of carbonyl (C=O) groups excluding carboxylic acids is 1. The summed E-state index contributed by atoms with van der Waals surface area (Å²) in [6.45, 7) is 3.72. The molecule has 1 saturated carbocycles. The molecule has 0 aromatic rings. The smallest absolute Gasteiger partial charge is 0.327 e. The van der Waals surface area contributed by atoms with Crippen LogP contribution in [0.5, 0.6) is 0 Å². The van der Waals surface area contributed by atoms with Gasteiger partial charge in [0.05, 0.1) is 0 Å². The zero-order valence-electron chi connectivity index (χ0n) is 11.2. The van der Waals surface area contributed by atoms with Crippen molar-refractivity contribution in [2.24, 2.45) is 5.92 Å². The number of hydrogen-bond donors (Lipinski definition) is 3. The molecule has 3 N–H and O–H groups in total. The molecular formula is C13H24N2O3. The summed E-state index contributed by atoms with van der Waals surface area (Å²) in [7, 11) is 0. The predicted molar refractivity (Wildman–Crippen MR) is 69.3 cm³/mol. The molecule has 5 nitrogen and oxygen atoms in total. The second-order valence-corrected chi connectivity index (χ2v) is 5.19. The Labute approximate surface area is 108 Å². The highest BCUT2D eigenvalue weighted by molar-refractivity contribution is 5.82. The van der Waals surface area contributed by atoms with E-state index in [2.05, 4.69) is 17.6 Å². The molecule has 1 amide bonds. The van der Waals surface area contributed by atoms with Crippen LogP contribution in [0.25, 0.3) is 0 Å². The zero-order chi connectivity index (χ0) is 13.5. The molecule has 2 atom stereocenters. The monoisotopic (exact) mass is 256 g/mol. The van der Waals surface area contributed by atoms with Crippen LogP contribution in [0.3, 0.4) is 0 Å². The van der Waals surface area contributed by atoms with E-state index >= 15 is 0 Å². The lowest BCUT2D eigenvalue weighted by Crippen LogP contribution is -2.49. The topological polar surface area (TPSA) is 78.4 Å². The van der Waals surface area contributed by atoms with Gasteiger partial charge in [0.25, 0.3) is 0 Å². The number of aliphatic carboxylic acids is 1. The molecule has 18 heavy (non-hydrogen) atoms. The Hall–Kier alpha value is -1.10. The Bertz CT molecular complexity index is 288. The molecule has 1 unspecified atom stereocenters. The van der Waals surface area contributed by atoms with Crippen LogP contribution in [-0.4, -0.2) is 35.6 Å². The largest absolute Gasteiger partial charge is 0.480 e. The van der Waals surface area contributed by atoms with Gasteiger partial charge in [0.15, 0.2) is 0 Å². The number of carbonyl (C=O) groups is 2. The first kappa shape index (κ1) is 15.0. The minimum Gasteiger partial charge on any atom is -0.480 e. The van der Waals surface area contributed by atoms with Gasteiger partial charge < -0.3 is 15.7 Å². The predicted octanol–water partition coefficient (Wildman–Crippen LogP) is 1.13. The first-order chi connectivity index (χ1) is 8.50. The molecule has 1 rings (SSSR count). The molecule has 1 aliphatic rings. The third-order valence-electron chi connectivity index (χ3n) is 3.68. The summed E-state index contributed by atoms with van der Waals surface area (Å²) < 4.78 is 0. The van der Waals surface area contributed by atoms with E-state index in [9.17, 15) is 9.59 Å². The summed E-state index contributed by atoms with van der Waals surface area (Å²) in [5, 5.41) is 14.7. The van der Waals surface area contributed by atoms with E-state index in [4.69, 9.17) is 5.11 Å². The number of hydrogen-bond acceptors (Lipinski definition) is 3. The average molecular weight is 256 g/mol. The second-order valence-electron chi connectivity index (χ2n) is 5.19. The first-order valence-corrected chi connectivity index (χ1v) is 6.74. The third kappa shape index (κ3) is 5.04. The Balaban J connectivity index is 2.35. The summed E-state index contributed by atoms with van der Waals surface area (Å²) in [6.07, 6.45) is 6.28. The maximum Gasteiger partial charge on any atom is 0.327 e. The van der Waals surface area contributed by atoms with Crippen molar-refractivity contribution in [1.82, 2.24) is 10.6 Å². The minimum atomic E-state index is -0.992. The highest BCUT2D eigenvalue weighted by Gasteiger charge is 2.23. The summed E-state index contributed by atoms with van der Waals surface area (Å²) in [5.41, 5.74) is 0. The molecule has 104 valence electrons. The molecule has 0 aromatic carbocycles. The van der Waals surface area contributed by atoms with E-state index in [0.717, 1.165) is 0 Å². The second kappa shape index (κ2) is 7.36. The Morgan fingerprint density at radius 3 is 2.39 bits per heavy atom. The van der Waals surface area contributed by atoms with Crippen molar-refractivity contribution in [3.63, 3.8) is 0 Å². The average Bonchev–Trinajstić information content (AvgIpc) is 2.34. The van der Waals surface area contributed by atoms with Gasteiger partial charge >= 0.3 is 5.97 Å². The van der Waals surface area contributed by atoms with Gasteiger partial charge in [-0.15, -0.1) is 0 Å². The highest BCUT2D eigenvalue weighted by Crippen LogP contribution is 2.26. The number of amides is 1. The van der Waals surface area contributed by atoms with Gasteiger partial charge in [0.1, 0.15) is 6.04 Å². The highest BCUT2D eigenvalue weighted by atomic mass is 16.4. The van der Waals surface area contributed by atoms with Gasteiger partial charge in [-0.3, -0.25) is 4.79 Å². The molecule has 5 heteroatoms. The van der Waals surface area contributed by atoms with Crippen molar-refractivity contribution in [1.29, 1.82) is 0 Å². The Morgan fingerprint density at radius 1 is 1.28 bits per heavy atom. The minimum absolute atomic E-state index is 0.284. The van der Waals surface area contributed by atoms with Crippen LogP contribution in [0.2, 0.25) is 0 Å². The van der Waals surface area contributed by atoms with Crippen molar-refractivity contribution >= 4 is 11.9 Å². The van der Waals surface area contributed by atoms with Crippen molar-refractivity contribution in [2.45, 2.75) is 58.0 Å². The van der Waals surface area contributed by atoms with Gasteiger partial charge in [0, 0.05) is 19.5 Å². The van der Waals surface area contributed by atoms with Gasteiger partial charge in [-0.25, -0.2) is 4.79 Å². The summed E-state index contributed by atoms with van der Waals surface area (Å²) in [4.78, 5) is 21.9. The molecule has 0 heterocycles. The van der Waals surface area contributed by atoms with Crippen LogP contribution in [0.1, 0.15) is 46.0 Å². The SMILES string of the molecule is CC(=O)NC(CN[C@@H](C)C1CCCCC1)C(=O)O. The quantitative estimate of drug-likeness (QED) is 0.666. The Kier molecular flexibility index (Phi) is 6.12. The van der Waals surface area contributed by atoms with E-state index < -0.39 is 12.0 Å². The number of rotatable bonds is 6. The number of carboxylic acids is 1. The van der Waals surface area contributed by atoms with Crippen LogP contribution in [0.15, 0.2) is 0 Å². The van der Waals surface area contributed by atoms with Gasteiger partial charge in [-0.2, -0.15) is 0 Å². The summed E-state index contributed by atoms with van der Waals surface area (Å²) in [6, 6.07) is -0.533. The van der Waals surface area contributed by atoms with Crippen LogP contribution >= 0.6 is 0 Å². The number of nitrogens with one attached hydrogen (secondary N) is 2. The van der Waals surface area contributed by atoms with Gasteiger partial charge in [0.2, 0.25) is 5.91 Å². The molecule has 0 radical (unpaired) electrons. The third-order valence-corrected chi connectivity index (χ3v) is 3.68. The molecule has 0 spiro atoms. The Morgan fingerprint density at radius 2 is 1.89 bits per heavy atom. The first-order valence-electron chi connectivity index (χ1n) is 6.74. The van der Waals surface area contributed by atoms with Crippen molar-refractivity contribution < 1.29 is 14.7 Å². The molecule has 0 aliphatic heterocycles. The normalized spacial score (nSPS) is 20.1. The van der Waals surface area contributed by atoms with Crippen molar-refractivity contribution in [3.8, 4) is 0 Å². The van der Waals surface area contributed by atoms with E-state index in [1.807, 2.05) is 0 Å². The van der Waals surface area contributed by atoms with E-state index in [1.54, 1.807) is 0 Å². The summed E-state index contributed by atoms with van der Waals surface area (Å²) >= 11 is 0. The maximum absolute atomic E-state index is 11.0.